The Bertz CT molecular complexity index is 349. The molecule has 5 nitrogen and oxygen atoms in total. The Labute approximate surface area is 102 Å². The number of carbonyl (C=O) groups excluding carboxylic acids is 1. The van der Waals surface area contributed by atoms with E-state index in [2.05, 4.69) is 14.9 Å². The summed E-state index contributed by atoms with van der Waals surface area (Å²) in [5, 5.41) is 3.33. The summed E-state index contributed by atoms with van der Waals surface area (Å²) in [7, 11) is 1.86. The van der Waals surface area contributed by atoms with Crippen LogP contribution in [-0.2, 0) is 11.3 Å². The number of unbranched alkanes of at least 4 members (excludes halogenated alkanes) is 1. The summed E-state index contributed by atoms with van der Waals surface area (Å²) in [4.78, 5) is 17.4. The van der Waals surface area contributed by atoms with E-state index in [0.29, 0.717) is 0 Å². The fraction of sp³-hybridized carbons (Fsp3) is 0.667. The molecule has 1 aromatic heterocycles. The van der Waals surface area contributed by atoms with Crippen LogP contribution in [0.15, 0.2) is 18.7 Å². The quantitative estimate of drug-likeness (QED) is 0.731. The summed E-state index contributed by atoms with van der Waals surface area (Å²) >= 11 is 0. The van der Waals surface area contributed by atoms with E-state index < -0.39 is 0 Å². The van der Waals surface area contributed by atoms with E-state index in [0.717, 1.165) is 38.9 Å². The first kappa shape index (κ1) is 12.1. The monoisotopic (exact) mass is 236 g/mol. The highest BCUT2D eigenvalue weighted by Crippen LogP contribution is 2.08. The molecule has 1 amide bonds. The van der Waals surface area contributed by atoms with Gasteiger partial charge in [-0.1, -0.05) is 0 Å². The zero-order chi connectivity index (χ0) is 12.1. The molecule has 0 bridgehead atoms. The number of rotatable bonds is 6. The van der Waals surface area contributed by atoms with Gasteiger partial charge >= 0.3 is 0 Å². The maximum Gasteiger partial charge on any atom is 0.239 e. The lowest BCUT2D eigenvalue weighted by atomic mass is 10.2. The molecule has 1 atom stereocenters. The van der Waals surface area contributed by atoms with Gasteiger partial charge < -0.3 is 14.8 Å². The van der Waals surface area contributed by atoms with E-state index in [9.17, 15) is 4.79 Å². The van der Waals surface area contributed by atoms with Crippen molar-refractivity contribution < 1.29 is 4.79 Å². The number of nitrogens with one attached hydrogen (secondary N) is 1. The Kier molecular flexibility index (Phi) is 4.14. The van der Waals surface area contributed by atoms with E-state index in [-0.39, 0.29) is 11.9 Å². The largest absolute Gasteiger partial charge is 0.344 e. The molecular weight excluding hydrogens is 216 g/mol. The molecule has 5 heteroatoms. The van der Waals surface area contributed by atoms with Gasteiger partial charge in [0, 0.05) is 32.5 Å². The minimum atomic E-state index is 0.0493. The van der Waals surface area contributed by atoms with Gasteiger partial charge in [0.05, 0.1) is 12.4 Å². The molecule has 1 fully saturated rings. The molecule has 0 radical (unpaired) electrons. The van der Waals surface area contributed by atoms with Gasteiger partial charge in [0.15, 0.2) is 0 Å². The molecule has 0 aliphatic carbocycles. The molecule has 2 heterocycles. The van der Waals surface area contributed by atoms with Crippen LogP contribution in [0, 0.1) is 0 Å². The highest BCUT2D eigenvalue weighted by Gasteiger charge is 2.27. The molecule has 1 N–H and O–H groups in total. The fourth-order valence-electron chi connectivity index (χ4n) is 2.13. The third kappa shape index (κ3) is 3.30. The van der Waals surface area contributed by atoms with Crippen molar-refractivity contribution in [3.05, 3.63) is 18.7 Å². The number of nitrogens with zero attached hydrogens (tertiary/aromatic N) is 3. The average Bonchev–Trinajstić information content (AvgIpc) is 2.93. The summed E-state index contributed by atoms with van der Waals surface area (Å²) in [5.41, 5.74) is 0. The van der Waals surface area contributed by atoms with Crippen molar-refractivity contribution in [2.24, 2.45) is 0 Å². The van der Waals surface area contributed by atoms with Crippen LogP contribution < -0.4 is 5.32 Å². The lowest BCUT2D eigenvalue weighted by Gasteiger charge is -2.11. The second-order valence-electron chi connectivity index (χ2n) is 4.56. The van der Waals surface area contributed by atoms with Crippen LogP contribution in [0.5, 0.6) is 0 Å². The van der Waals surface area contributed by atoms with Gasteiger partial charge in [-0.15, -0.1) is 0 Å². The van der Waals surface area contributed by atoms with Gasteiger partial charge in [0.25, 0.3) is 0 Å². The Morgan fingerprint density at radius 1 is 1.53 bits per heavy atom. The maximum atomic E-state index is 11.6. The van der Waals surface area contributed by atoms with Crippen molar-refractivity contribution in [3.63, 3.8) is 0 Å². The van der Waals surface area contributed by atoms with Gasteiger partial charge in [0.2, 0.25) is 5.91 Å². The third-order valence-electron chi connectivity index (χ3n) is 3.22. The highest BCUT2D eigenvalue weighted by molar-refractivity contribution is 5.83. The predicted octanol–water partition coefficient (Wildman–Crippen LogP) is 0.484. The number of imidazole rings is 1. The number of aryl methyl sites for hydroxylation is 1. The zero-order valence-electron chi connectivity index (χ0n) is 10.3. The molecular formula is C12H20N4O. The molecule has 1 aliphatic heterocycles. The van der Waals surface area contributed by atoms with E-state index in [1.807, 2.05) is 19.6 Å². The topological polar surface area (TPSA) is 50.2 Å². The van der Waals surface area contributed by atoms with Crippen LogP contribution in [-0.4, -0.2) is 46.5 Å². The second kappa shape index (κ2) is 5.82. The van der Waals surface area contributed by atoms with E-state index in [1.54, 1.807) is 11.1 Å². The van der Waals surface area contributed by atoms with Gasteiger partial charge in [-0.05, 0) is 25.8 Å². The SMILES string of the molecule is CN1CCC(NCCCCn2ccnc2)C1=O. The molecule has 0 aromatic carbocycles. The Morgan fingerprint density at radius 3 is 3.06 bits per heavy atom. The molecule has 2 rings (SSSR count). The summed E-state index contributed by atoms with van der Waals surface area (Å²) in [5.74, 6) is 0.236. The molecule has 1 aliphatic rings. The van der Waals surface area contributed by atoms with Crippen LogP contribution in [0.2, 0.25) is 0 Å². The highest BCUT2D eigenvalue weighted by atomic mass is 16.2. The van der Waals surface area contributed by atoms with Crippen molar-refractivity contribution in [1.82, 2.24) is 19.8 Å². The maximum absolute atomic E-state index is 11.6. The number of likely N-dealkylation sites (N-methyl/N-ethyl adjacent to an activating group) is 1. The molecule has 1 unspecified atom stereocenters. The van der Waals surface area contributed by atoms with E-state index >= 15 is 0 Å². The van der Waals surface area contributed by atoms with Crippen molar-refractivity contribution in [3.8, 4) is 0 Å². The van der Waals surface area contributed by atoms with E-state index in [1.165, 1.54) is 0 Å². The number of carbonyl (C=O) groups is 1. The van der Waals surface area contributed by atoms with Crippen molar-refractivity contribution >= 4 is 5.91 Å². The summed E-state index contributed by atoms with van der Waals surface area (Å²) in [6.07, 6.45) is 8.75. The van der Waals surface area contributed by atoms with Crippen LogP contribution >= 0.6 is 0 Å². The fourth-order valence-corrected chi connectivity index (χ4v) is 2.13. The molecule has 1 aromatic rings. The second-order valence-corrected chi connectivity index (χ2v) is 4.56. The van der Waals surface area contributed by atoms with Crippen LogP contribution in [0.3, 0.4) is 0 Å². The Morgan fingerprint density at radius 2 is 2.41 bits per heavy atom. The lowest BCUT2D eigenvalue weighted by molar-refractivity contribution is -0.128. The first-order valence-corrected chi connectivity index (χ1v) is 6.21. The Hall–Kier alpha value is -1.36. The predicted molar refractivity (Wildman–Crippen MR) is 65.5 cm³/mol. The van der Waals surface area contributed by atoms with Crippen LogP contribution in [0.1, 0.15) is 19.3 Å². The normalized spacial score (nSPS) is 20.2. The van der Waals surface area contributed by atoms with Gasteiger partial charge in [-0.25, -0.2) is 4.98 Å². The van der Waals surface area contributed by atoms with Gasteiger partial charge in [0.1, 0.15) is 0 Å². The average molecular weight is 236 g/mol. The lowest BCUT2D eigenvalue weighted by Crippen LogP contribution is -2.37. The Balaban J connectivity index is 1.56. The number of hydrogen-bond donors (Lipinski definition) is 1. The zero-order valence-corrected chi connectivity index (χ0v) is 10.3. The first-order valence-electron chi connectivity index (χ1n) is 6.21. The first-order chi connectivity index (χ1) is 8.27. The van der Waals surface area contributed by atoms with E-state index in [4.69, 9.17) is 0 Å². The van der Waals surface area contributed by atoms with Gasteiger partial charge in [-0.3, -0.25) is 4.79 Å². The van der Waals surface area contributed by atoms with Gasteiger partial charge in [-0.2, -0.15) is 0 Å². The summed E-state index contributed by atoms with van der Waals surface area (Å²) < 4.78 is 2.08. The minimum absolute atomic E-state index is 0.0493. The molecule has 17 heavy (non-hydrogen) atoms. The smallest absolute Gasteiger partial charge is 0.239 e. The number of likely N-dealkylation sites (tertiary alicyclic amines) is 1. The van der Waals surface area contributed by atoms with Crippen LogP contribution in [0.4, 0.5) is 0 Å². The van der Waals surface area contributed by atoms with Crippen molar-refractivity contribution in [2.75, 3.05) is 20.1 Å². The molecule has 0 saturated carbocycles. The molecule has 0 spiro atoms. The third-order valence-corrected chi connectivity index (χ3v) is 3.22. The van der Waals surface area contributed by atoms with Crippen molar-refractivity contribution in [2.45, 2.75) is 31.8 Å². The summed E-state index contributed by atoms with van der Waals surface area (Å²) in [6, 6.07) is 0.0493. The van der Waals surface area contributed by atoms with Crippen molar-refractivity contribution in [1.29, 1.82) is 0 Å². The molecule has 94 valence electrons. The number of aromatic nitrogens is 2. The minimum Gasteiger partial charge on any atom is -0.344 e. The molecule has 1 saturated heterocycles. The number of hydrogen-bond acceptors (Lipinski definition) is 3. The van der Waals surface area contributed by atoms with Crippen LogP contribution in [0.25, 0.3) is 0 Å². The summed E-state index contributed by atoms with van der Waals surface area (Å²) in [6.45, 7) is 2.80. The number of amides is 1. The standard InChI is InChI=1S/C12H20N4O/c1-15-8-4-11(12(15)17)14-5-2-3-7-16-9-6-13-10-16/h6,9-11,14H,2-5,7-8H2,1H3.